The predicted octanol–water partition coefficient (Wildman–Crippen LogP) is 2.16. The largest absolute Gasteiger partial charge is 0.387 e. The summed E-state index contributed by atoms with van der Waals surface area (Å²) in [7, 11) is 0. The molecule has 2 heterocycles. The molecule has 0 saturated carbocycles. The van der Waals surface area contributed by atoms with Crippen LogP contribution < -0.4 is 11.2 Å². The second-order valence-corrected chi connectivity index (χ2v) is 8.65. The molecular formula is C28H26N2O6. The van der Waals surface area contributed by atoms with Crippen LogP contribution in [0.2, 0.25) is 0 Å². The third-order valence-electron chi connectivity index (χ3n) is 6.47. The highest BCUT2D eigenvalue weighted by molar-refractivity contribution is 5.47. The highest BCUT2D eigenvalue weighted by Crippen LogP contribution is 2.41. The standard InChI is InChI=1S/C28H26N2O6/c31-23-16-17-30(27(34)29-23)26-25(33)24(32)22(36-26)18-35-28(19-10-4-1-5-11-19,20-12-6-2-7-13-20)21-14-8-3-9-15-21/h1-17,22,24-26,32-33H,18H2,(H,29,31,34)/t22-,24+,25-,26+/m0/s1. The van der Waals surface area contributed by atoms with Gasteiger partial charge in [0, 0.05) is 12.3 Å². The van der Waals surface area contributed by atoms with Crippen molar-refractivity contribution in [3.63, 3.8) is 0 Å². The van der Waals surface area contributed by atoms with Crippen molar-refractivity contribution >= 4 is 0 Å². The number of ether oxygens (including phenoxy) is 2. The summed E-state index contributed by atoms with van der Waals surface area (Å²) in [4.78, 5) is 25.8. The molecule has 5 rings (SSSR count). The predicted molar refractivity (Wildman–Crippen MR) is 132 cm³/mol. The molecule has 0 unspecified atom stereocenters. The van der Waals surface area contributed by atoms with Crippen molar-refractivity contribution in [3.05, 3.63) is 141 Å². The van der Waals surface area contributed by atoms with Gasteiger partial charge in [-0.15, -0.1) is 0 Å². The van der Waals surface area contributed by atoms with Crippen LogP contribution in [0.4, 0.5) is 0 Å². The van der Waals surface area contributed by atoms with E-state index in [1.165, 1.54) is 6.20 Å². The molecule has 1 aliphatic heterocycles. The van der Waals surface area contributed by atoms with Crippen LogP contribution >= 0.6 is 0 Å². The number of H-pyrrole nitrogens is 1. The molecular weight excluding hydrogens is 460 g/mol. The summed E-state index contributed by atoms with van der Waals surface area (Å²) >= 11 is 0. The number of rotatable bonds is 7. The zero-order valence-electron chi connectivity index (χ0n) is 19.3. The van der Waals surface area contributed by atoms with Crippen LogP contribution in [0, 0.1) is 0 Å². The Balaban J connectivity index is 1.52. The fraction of sp³-hybridized carbons (Fsp3) is 0.214. The van der Waals surface area contributed by atoms with Gasteiger partial charge in [-0.1, -0.05) is 91.0 Å². The highest BCUT2D eigenvalue weighted by atomic mass is 16.6. The topological polar surface area (TPSA) is 114 Å². The van der Waals surface area contributed by atoms with Gasteiger partial charge in [-0.25, -0.2) is 4.79 Å². The highest BCUT2D eigenvalue weighted by Gasteiger charge is 2.46. The summed E-state index contributed by atoms with van der Waals surface area (Å²) in [5, 5.41) is 21.5. The molecule has 1 fully saturated rings. The van der Waals surface area contributed by atoms with Gasteiger partial charge in [-0.05, 0) is 16.7 Å². The van der Waals surface area contributed by atoms with Crippen LogP contribution in [0.25, 0.3) is 0 Å². The number of nitrogens with one attached hydrogen (secondary N) is 1. The normalized spacial score (nSPS) is 21.9. The molecule has 1 saturated heterocycles. The van der Waals surface area contributed by atoms with E-state index in [0.717, 1.165) is 27.3 Å². The summed E-state index contributed by atoms with van der Waals surface area (Å²) < 4.78 is 13.6. The van der Waals surface area contributed by atoms with Gasteiger partial charge in [0.15, 0.2) is 6.23 Å². The first kappa shape index (κ1) is 23.9. The fourth-order valence-electron chi connectivity index (χ4n) is 4.70. The minimum Gasteiger partial charge on any atom is -0.387 e. The maximum absolute atomic E-state index is 12.3. The Labute approximate surface area is 207 Å². The second kappa shape index (κ2) is 10.0. The lowest BCUT2D eigenvalue weighted by Gasteiger charge is -2.37. The maximum Gasteiger partial charge on any atom is 0.330 e. The van der Waals surface area contributed by atoms with Crippen LogP contribution in [0.5, 0.6) is 0 Å². The Morgan fingerprint density at radius 2 is 1.28 bits per heavy atom. The smallest absolute Gasteiger partial charge is 0.330 e. The van der Waals surface area contributed by atoms with Gasteiger partial charge in [-0.3, -0.25) is 14.3 Å². The van der Waals surface area contributed by atoms with Crippen molar-refractivity contribution in [2.45, 2.75) is 30.1 Å². The maximum atomic E-state index is 12.3. The molecule has 36 heavy (non-hydrogen) atoms. The van der Waals surface area contributed by atoms with Crippen molar-refractivity contribution < 1.29 is 19.7 Å². The van der Waals surface area contributed by atoms with Gasteiger partial charge in [0.05, 0.1) is 6.61 Å². The Kier molecular flexibility index (Phi) is 6.67. The molecule has 0 radical (unpaired) electrons. The van der Waals surface area contributed by atoms with E-state index < -0.39 is 41.4 Å². The van der Waals surface area contributed by atoms with E-state index in [-0.39, 0.29) is 6.61 Å². The SMILES string of the molecule is O=c1ccn([C@@H]2O[C@@H](COC(c3ccccc3)(c3ccccc3)c3ccccc3)[C@@H](O)[C@@H]2O)c(=O)[nH]1. The second-order valence-electron chi connectivity index (χ2n) is 8.65. The first-order valence-corrected chi connectivity index (χ1v) is 11.6. The Morgan fingerprint density at radius 1 is 0.778 bits per heavy atom. The fourth-order valence-corrected chi connectivity index (χ4v) is 4.70. The lowest BCUT2D eigenvalue weighted by molar-refractivity contribution is -0.0958. The van der Waals surface area contributed by atoms with Crippen molar-refractivity contribution in [2.24, 2.45) is 0 Å². The molecule has 1 aromatic heterocycles. The van der Waals surface area contributed by atoms with E-state index in [0.29, 0.717) is 0 Å². The third kappa shape index (κ3) is 4.31. The average Bonchev–Trinajstić information content (AvgIpc) is 3.19. The molecule has 3 aromatic carbocycles. The molecule has 3 N–H and O–H groups in total. The molecule has 184 valence electrons. The van der Waals surface area contributed by atoms with Crippen LogP contribution in [0.15, 0.2) is 113 Å². The van der Waals surface area contributed by atoms with Crippen molar-refractivity contribution in [1.82, 2.24) is 9.55 Å². The van der Waals surface area contributed by atoms with Gasteiger partial charge >= 0.3 is 5.69 Å². The summed E-state index contributed by atoms with van der Waals surface area (Å²) in [6.07, 6.45) is -3.62. The van der Waals surface area contributed by atoms with Crippen LogP contribution in [0.1, 0.15) is 22.9 Å². The van der Waals surface area contributed by atoms with E-state index in [9.17, 15) is 19.8 Å². The molecule has 4 atom stereocenters. The van der Waals surface area contributed by atoms with E-state index in [2.05, 4.69) is 4.98 Å². The lowest BCUT2D eigenvalue weighted by atomic mass is 9.80. The Morgan fingerprint density at radius 3 is 1.75 bits per heavy atom. The first-order chi connectivity index (χ1) is 17.5. The summed E-state index contributed by atoms with van der Waals surface area (Å²) in [6.45, 7) is -0.0918. The van der Waals surface area contributed by atoms with E-state index in [1.807, 2.05) is 91.0 Å². The molecule has 8 nitrogen and oxygen atoms in total. The summed E-state index contributed by atoms with van der Waals surface area (Å²) in [6, 6.07) is 30.4. The minimum absolute atomic E-state index is 0.0918. The zero-order chi connectivity index (χ0) is 25.1. The number of aromatic nitrogens is 2. The number of hydrogen-bond donors (Lipinski definition) is 3. The molecule has 0 bridgehead atoms. The van der Waals surface area contributed by atoms with Crippen LogP contribution in [-0.2, 0) is 15.1 Å². The number of hydrogen-bond acceptors (Lipinski definition) is 6. The molecule has 4 aromatic rings. The number of nitrogens with zero attached hydrogens (tertiary/aromatic N) is 1. The monoisotopic (exact) mass is 486 g/mol. The van der Waals surface area contributed by atoms with Gasteiger partial charge in [-0.2, -0.15) is 0 Å². The summed E-state index contributed by atoms with van der Waals surface area (Å²) in [5.41, 5.74) is 0.289. The molecule has 0 spiro atoms. The molecule has 0 aliphatic carbocycles. The number of benzene rings is 3. The molecule has 1 aliphatic rings. The van der Waals surface area contributed by atoms with Crippen molar-refractivity contribution in [3.8, 4) is 0 Å². The Hall–Kier alpha value is -3.82. The van der Waals surface area contributed by atoms with E-state index >= 15 is 0 Å². The van der Waals surface area contributed by atoms with E-state index in [4.69, 9.17) is 9.47 Å². The third-order valence-corrected chi connectivity index (χ3v) is 6.47. The van der Waals surface area contributed by atoms with Crippen LogP contribution in [0.3, 0.4) is 0 Å². The molecule has 8 heteroatoms. The van der Waals surface area contributed by atoms with Gasteiger partial charge < -0.3 is 19.7 Å². The molecule has 0 amide bonds. The van der Waals surface area contributed by atoms with Gasteiger partial charge in [0.2, 0.25) is 0 Å². The van der Waals surface area contributed by atoms with E-state index in [1.54, 1.807) is 0 Å². The zero-order valence-corrected chi connectivity index (χ0v) is 19.3. The minimum atomic E-state index is -1.40. The van der Waals surface area contributed by atoms with Gasteiger partial charge in [0.1, 0.15) is 23.9 Å². The number of aliphatic hydroxyl groups is 2. The number of aliphatic hydroxyl groups excluding tert-OH is 2. The lowest BCUT2D eigenvalue weighted by Crippen LogP contribution is -2.40. The first-order valence-electron chi connectivity index (χ1n) is 11.6. The van der Waals surface area contributed by atoms with Crippen molar-refractivity contribution in [2.75, 3.05) is 6.61 Å². The van der Waals surface area contributed by atoms with Gasteiger partial charge in [0.25, 0.3) is 5.56 Å². The van der Waals surface area contributed by atoms with Crippen molar-refractivity contribution in [1.29, 1.82) is 0 Å². The van der Waals surface area contributed by atoms with Crippen LogP contribution in [-0.4, -0.2) is 44.7 Å². The number of aromatic amines is 1. The average molecular weight is 487 g/mol. The summed E-state index contributed by atoms with van der Waals surface area (Å²) in [5.74, 6) is 0. The quantitative estimate of drug-likeness (QED) is 0.345. The Bertz CT molecular complexity index is 1310.